The molecule has 0 aromatic heterocycles. The summed E-state index contributed by atoms with van der Waals surface area (Å²) in [6.07, 6.45) is -5.34. The van der Waals surface area contributed by atoms with Gasteiger partial charge in [0.1, 0.15) is 6.42 Å². The third-order valence-corrected chi connectivity index (χ3v) is 3.15. The van der Waals surface area contributed by atoms with E-state index in [1.54, 1.807) is 0 Å². The summed E-state index contributed by atoms with van der Waals surface area (Å²) in [5, 5.41) is 0. The molecule has 0 amide bonds. The predicted molar refractivity (Wildman–Crippen MR) is 64.8 cm³/mol. The molecule has 104 valence electrons. The van der Waals surface area contributed by atoms with Crippen molar-refractivity contribution in [3.8, 4) is 11.5 Å². The lowest BCUT2D eigenvalue weighted by molar-refractivity contribution is -0.125. The van der Waals surface area contributed by atoms with E-state index in [1.807, 2.05) is 0 Å². The zero-order chi connectivity index (χ0) is 14.0. The Balaban J connectivity index is 2.31. The van der Waals surface area contributed by atoms with Crippen LogP contribution in [-0.2, 0) is 0 Å². The highest BCUT2D eigenvalue weighted by Crippen LogP contribution is 2.36. The molecule has 0 aliphatic carbocycles. The molecule has 3 nitrogen and oxygen atoms in total. The molecule has 0 saturated carbocycles. The summed E-state index contributed by atoms with van der Waals surface area (Å²) in [6.45, 7) is 0.872. The highest BCUT2D eigenvalue weighted by molar-refractivity contribution is 9.10. The zero-order valence-electron chi connectivity index (χ0n) is 9.72. The standard InChI is InChI=1S/C12H10BrF3O3/c13-8-5-11-10(18-2-1-3-19-11)4-7(8)9(17)6-12(14,15)16/h4-5H,1-3,6H2. The average molecular weight is 339 g/mol. The van der Waals surface area contributed by atoms with Crippen LogP contribution in [-0.4, -0.2) is 25.2 Å². The number of ketones is 1. The molecule has 0 atom stereocenters. The maximum Gasteiger partial charge on any atom is 0.396 e. The largest absolute Gasteiger partial charge is 0.490 e. The maximum atomic E-state index is 12.2. The van der Waals surface area contributed by atoms with Gasteiger partial charge < -0.3 is 9.47 Å². The average Bonchev–Trinajstić information content (AvgIpc) is 2.50. The molecule has 1 aromatic rings. The van der Waals surface area contributed by atoms with Gasteiger partial charge in [0.25, 0.3) is 0 Å². The van der Waals surface area contributed by atoms with Crippen molar-refractivity contribution < 1.29 is 27.4 Å². The number of hydrogen-bond acceptors (Lipinski definition) is 3. The number of rotatable bonds is 2. The van der Waals surface area contributed by atoms with Crippen molar-refractivity contribution >= 4 is 21.7 Å². The van der Waals surface area contributed by atoms with E-state index in [0.29, 0.717) is 31.1 Å². The molecular weight excluding hydrogens is 329 g/mol. The first-order valence-corrected chi connectivity index (χ1v) is 6.35. The Labute approximate surface area is 115 Å². The van der Waals surface area contributed by atoms with Crippen LogP contribution in [0.15, 0.2) is 16.6 Å². The number of hydrogen-bond donors (Lipinski definition) is 0. The van der Waals surface area contributed by atoms with Crippen LogP contribution in [0.3, 0.4) is 0 Å². The molecule has 1 aliphatic heterocycles. The van der Waals surface area contributed by atoms with Gasteiger partial charge in [0.05, 0.1) is 13.2 Å². The number of alkyl halides is 3. The van der Waals surface area contributed by atoms with Crippen molar-refractivity contribution in [2.75, 3.05) is 13.2 Å². The quantitative estimate of drug-likeness (QED) is 0.770. The van der Waals surface area contributed by atoms with Gasteiger partial charge in [-0.25, -0.2) is 0 Å². The minimum atomic E-state index is -4.53. The molecule has 0 fully saturated rings. The Morgan fingerprint density at radius 2 is 1.79 bits per heavy atom. The monoisotopic (exact) mass is 338 g/mol. The molecule has 19 heavy (non-hydrogen) atoms. The van der Waals surface area contributed by atoms with E-state index in [9.17, 15) is 18.0 Å². The third kappa shape index (κ3) is 3.62. The molecule has 0 bridgehead atoms. The van der Waals surface area contributed by atoms with E-state index in [1.165, 1.54) is 12.1 Å². The fourth-order valence-corrected chi connectivity index (χ4v) is 2.22. The van der Waals surface area contributed by atoms with Crippen molar-refractivity contribution in [2.24, 2.45) is 0 Å². The van der Waals surface area contributed by atoms with Gasteiger partial charge in [-0.1, -0.05) is 0 Å². The normalized spacial score (nSPS) is 14.9. The Morgan fingerprint density at radius 3 is 2.37 bits per heavy atom. The van der Waals surface area contributed by atoms with Crippen LogP contribution in [0.25, 0.3) is 0 Å². The Kier molecular flexibility index (Phi) is 4.03. The van der Waals surface area contributed by atoms with Crippen LogP contribution < -0.4 is 9.47 Å². The molecular formula is C12H10BrF3O3. The first-order chi connectivity index (χ1) is 8.87. The molecule has 2 rings (SSSR count). The smallest absolute Gasteiger partial charge is 0.396 e. The molecule has 1 heterocycles. The van der Waals surface area contributed by atoms with Crippen LogP contribution >= 0.6 is 15.9 Å². The molecule has 7 heteroatoms. The summed E-state index contributed by atoms with van der Waals surface area (Å²) in [4.78, 5) is 11.6. The topological polar surface area (TPSA) is 35.5 Å². The first-order valence-electron chi connectivity index (χ1n) is 5.56. The van der Waals surface area contributed by atoms with Gasteiger partial charge >= 0.3 is 6.18 Å². The van der Waals surface area contributed by atoms with Crippen molar-refractivity contribution in [2.45, 2.75) is 19.0 Å². The maximum absolute atomic E-state index is 12.2. The molecule has 1 aromatic carbocycles. The number of halogens is 4. The fourth-order valence-electron chi connectivity index (χ4n) is 1.67. The lowest BCUT2D eigenvalue weighted by atomic mass is 10.1. The van der Waals surface area contributed by atoms with Gasteiger partial charge in [0.15, 0.2) is 17.3 Å². The number of benzene rings is 1. The van der Waals surface area contributed by atoms with Crippen molar-refractivity contribution in [3.05, 3.63) is 22.2 Å². The third-order valence-electron chi connectivity index (χ3n) is 2.50. The van der Waals surface area contributed by atoms with Gasteiger partial charge in [-0.2, -0.15) is 13.2 Å². The SMILES string of the molecule is O=C(CC(F)(F)F)c1cc2c(cc1Br)OCCCO2. The van der Waals surface area contributed by atoms with Gasteiger partial charge in [-0.3, -0.25) is 4.79 Å². The molecule has 0 saturated heterocycles. The molecule has 1 aliphatic rings. The molecule has 0 spiro atoms. The summed E-state index contributed by atoms with van der Waals surface area (Å²) in [5.41, 5.74) is -0.0541. The highest BCUT2D eigenvalue weighted by atomic mass is 79.9. The van der Waals surface area contributed by atoms with Gasteiger partial charge in [-0.15, -0.1) is 0 Å². The van der Waals surface area contributed by atoms with Crippen LogP contribution in [0, 0.1) is 0 Å². The summed E-state index contributed by atoms with van der Waals surface area (Å²) in [6, 6.07) is 2.75. The van der Waals surface area contributed by atoms with E-state index in [-0.39, 0.29) is 10.0 Å². The fraction of sp³-hybridized carbons (Fsp3) is 0.417. The van der Waals surface area contributed by atoms with E-state index in [2.05, 4.69) is 15.9 Å². The summed E-state index contributed by atoms with van der Waals surface area (Å²) in [7, 11) is 0. The van der Waals surface area contributed by atoms with E-state index < -0.39 is 18.4 Å². The van der Waals surface area contributed by atoms with Crippen molar-refractivity contribution in [1.29, 1.82) is 0 Å². The molecule has 0 radical (unpaired) electrons. The second-order valence-corrected chi connectivity index (χ2v) is 4.90. The zero-order valence-corrected chi connectivity index (χ0v) is 11.3. The number of carbonyl (C=O) groups is 1. The minimum absolute atomic E-state index is 0.0541. The molecule has 0 N–H and O–H groups in total. The molecule has 0 unspecified atom stereocenters. The Bertz CT molecular complexity index is 500. The summed E-state index contributed by atoms with van der Waals surface area (Å²) >= 11 is 3.09. The second-order valence-electron chi connectivity index (χ2n) is 4.04. The Hall–Kier alpha value is -1.24. The van der Waals surface area contributed by atoms with Gasteiger partial charge in [-0.05, 0) is 28.1 Å². The van der Waals surface area contributed by atoms with Crippen LogP contribution in [0.2, 0.25) is 0 Å². The summed E-state index contributed by atoms with van der Waals surface area (Å²) in [5.74, 6) is -0.283. The van der Waals surface area contributed by atoms with Crippen LogP contribution in [0.4, 0.5) is 13.2 Å². The second kappa shape index (κ2) is 5.40. The predicted octanol–water partition coefficient (Wildman–Crippen LogP) is 3.75. The van der Waals surface area contributed by atoms with Crippen molar-refractivity contribution in [1.82, 2.24) is 0 Å². The van der Waals surface area contributed by atoms with E-state index >= 15 is 0 Å². The van der Waals surface area contributed by atoms with E-state index in [0.717, 1.165) is 0 Å². The van der Waals surface area contributed by atoms with Crippen molar-refractivity contribution in [3.63, 3.8) is 0 Å². The van der Waals surface area contributed by atoms with Gasteiger partial charge in [0, 0.05) is 16.5 Å². The summed E-state index contributed by atoms with van der Waals surface area (Å²) < 4.78 is 47.7. The number of Topliss-reactive ketones (excluding diaryl/α,β-unsaturated/α-hetero) is 1. The van der Waals surface area contributed by atoms with Crippen LogP contribution in [0.5, 0.6) is 11.5 Å². The minimum Gasteiger partial charge on any atom is -0.490 e. The highest BCUT2D eigenvalue weighted by Gasteiger charge is 2.32. The lowest BCUT2D eigenvalue weighted by Gasteiger charge is -2.12. The van der Waals surface area contributed by atoms with Gasteiger partial charge in [0.2, 0.25) is 0 Å². The number of ether oxygens (including phenoxy) is 2. The lowest BCUT2D eigenvalue weighted by Crippen LogP contribution is -2.15. The van der Waals surface area contributed by atoms with E-state index in [4.69, 9.17) is 9.47 Å². The number of carbonyl (C=O) groups excluding carboxylic acids is 1. The Morgan fingerprint density at radius 1 is 1.21 bits per heavy atom. The van der Waals surface area contributed by atoms with Crippen LogP contribution in [0.1, 0.15) is 23.2 Å². The number of fused-ring (bicyclic) bond motifs is 1. The first kappa shape index (κ1) is 14.2.